The standard InChI is InChI=1S/C20H23ClN4OS2/c1-12-4-5-14(21)8-15(12)25-7-6-13(11-25)10-22-18(26)16-9-17-19(27-16)23-20(28-17)24(2)3/h4-5,8-9,13H,6-7,10-11H2,1-3H3,(H,22,26). The number of rotatable bonds is 5. The molecule has 1 aromatic carbocycles. The molecule has 1 amide bonds. The van der Waals surface area contributed by atoms with Crippen molar-refractivity contribution in [2.45, 2.75) is 13.3 Å². The lowest BCUT2D eigenvalue weighted by Crippen LogP contribution is -2.30. The van der Waals surface area contributed by atoms with Gasteiger partial charge in [-0.2, -0.15) is 0 Å². The van der Waals surface area contributed by atoms with Crippen LogP contribution in [-0.2, 0) is 0 Å². The minimum absolute atomic E-state index is 0.000936. The predicted molar refractivity (Wildman–Crippen MR) is 121 cm³/mol. The van der Waals surface area contributed by atoms with E-state index in [9.17, 15) is 4.79 Å². The lowest BCUT2D eigenvalue weighted by molar-refractivity contribution is 0.0952. The van der Waals surface area contributed by atoms with Crippen LogP contribution in [0.25, 0.3) is 9.53 Å². The first-order valence-electron chi connectivity index (χ1n) is 9.27. The molecule has 1 aliphatic rings. The normalized spacial score (nSPS) is 16.7. The van der Waals surface area contributed by atoms with Gasteiger partial charge in [-0.1, -0.05) is 29.0 Å². The monoisotopic (exact) mass is 434 g/mol. The van der Waals surface area contributed by atoms with Gasteiger partial charge >= 0.3 is 0 Å². The number of nitrogens with one attached hydrogen (secondary N) is 1. The highest BCUT2D eigenvalue weighted by molar-refractivity contribution is 7.29. The molecule has 1 unspecified atom stereocenters. The number of thiazole rings is 1. The van der Waals surface area contributed by atoms with Crippen LogP contribution in [0.5, 0.6) is 0 Å². The van der Waals surface area contributed by atoms with E-state index in [-0.39, 0.29) is 5.91 Å². The summed E-state index contributed by atoms with van der Waals surface area (Å²) in [6.07, 6.45) is 1.07. The Morgan fingerprint density at radius 3 is 2.93 bits per heavy atom. The zero-order valence-electron chi connectivity index (χ0n) is 16.2. The van der Waals surface area contributed by atoms with Gasteiger partial charge in [-0.25, -0.2) is 4.98 Å². The van der Waals surface area contributed by atoms with Gasteiger partial charge in [-0.15, -0.1) is 11.3 Å². The molecular weight excluding hydrogens is 412 g/mol. The third-order valence-electron chi connectivity index (χ3n) is 5.03. The number of halogens is 1. The zero-order valence-corrected chi connectivity index (χ0v) is 18.5. The molecule has 0 aliphatic carbocycles. The Kier molecular flexibility index (Phi) is 5.49. The van der Waals surface area contributed by atoms with E-state index >= 15 is 0 Å². The zero-order chi connectivity index (χ0) is 19.8. The molecule has 8 heteroatoms. The van der Waals surface area contributed by atoms with Crippen LogP contribution >= 0.6 is 34.3 Å². The summed E-state index contributed by atoms with van der Waals surface area (Å²) in [4.78, 5) is 23.2. The number of carbonyl (C=O) groups is 1. The number of fused-ring (bicyclic) bond motifs is 1. The highest BCUT2D eigenvalue weighted by Crippen LogP contribution is 2.34. The molecule has 2 aromatic heterocycles. The minimum Gasteiger partial charge on any atom is -0.371 e. The molecule has 3 heterocycles. The van der Waals surface area contributed by atoms with E-state index in [2.05, 4.69) is 28.2 Å². The Morgan fingerprint density at radius 2 is 2.18 bits per heavy atom. The molecule has 0 spiro atoms. The molecule has 0 saturated carbocycles. The van der Waals surface area contributed by atoms with Crippen LogP contribution < -0.4 is 15.1 Å². The van der Waals surface area contributed by atoms with Crippen molar-refractivity contribution in [3.63, 3.8) is 0 Å². The van der Waals surface area contributed by atoms with Gasteiger partial charge in [0.25, 0.3) is 5.91 Å². The van der Waals surface area contributed by atoms with Gasteiger partial charge in [0.15, 0.2) is 5.13 Å². The van der Waals surface area contributed by atoms with E-state index in [0.29, 0.717) is 12.5 Å². The Morgan fingerprint density at radius 1 is 1.36 bits per heavy atom. The number of amides is 1. The number of benzene rings is 1. The number of nitrogens with zero attached hydrogens (tertiary/aromatic N) is 3. The largest absolute Gasteiger partial charge is 0.371 e. The Balaban J connectivity index is 1.35. The van der Waals surface area contributed by atoms with E-state index < -0.39 is 0 Å². The number of aromatic nitrogens is 1. The lowest BCUT2D eigenvalue weighted by Gasteiger charge is -2.21. The smallest absolute Gasteiger partial charge is 0.261 e. The van der Waals surface area contributed by atoms with Crippen LogP contribution in [0.2, 0.25) is 5.02 Å². The summed E-state index contributed by atoms with van der Waals surface area (Å²) in [7, 11) is 3.96. The lowest BCUT2D eigenvalue weighted by atomic mass is 10.1. The van der Waals surface area contributed by atoms with Crippen LogP contribution in [-0.4, -0.2) is 44.6 Å². The third-order valence-corrected chi connectivity index (χ3v) is 7.60. The highest BCUT2D eigenvalue weighted by Gasteiger charge is 2.25. The highest BCUT2D eigenvalue weighted by atomic mass is 35.5. The summed E-state index contributed by atoms with van der Waals surface area (Å²) in [6.45, 7) is 4.73. The maximum Gasteiger partial charge on any atom is 0.261 e. The van der Waals surface area contributed by atoms with Gasteiger partial charge in [0.1, 0.15) is 4.83 Å². The molecule has 148 valence electrons. The van der Waals surface area contributed by atoms with Gasteiger partial charge in [0.2, 0.25) is 0 Å². The van der Waals surface area contributed by atoms with Crippen LogP contribution in [0.3, 0.4) is 0 Å². The van der Waals surface area contributed by atoms with Crippen molar-refractivity contribution in [3.8, 4) is 0 Å². The molecule has 5 nitrogen and oxygen atoms in total. The van der Waals surface area contributed by atoms with Gasteiger partial charge < -0.3 is 15.1 Å². The molecule has 1 N–H and O–H groups in total. The van der Waals surface area contributed by atoms with E-state index in [4.69, 9.17) is 11.6 Å². The molecule has 1 saturated heterocycles. The van der Waals surface area contributed by atoms with E-state index in [1.165, 1.54) is 22.6 Å². The quantitative estimate of drug-likeness (QED) is 0.635. The molecule has 28 heavy (non-hydrogen) atoms. The molecule has 0 radical (unpaired) electrons. The van der Waals surface area contributed by atoms with Gasteiger partial charge in [0, 0.05) is 44.4 Å². The molecule has 1 aliphatic heterocycles. The Hall–Kier alpha value is -1.83. The average Bonchev–Trinajstić information content (AvgIpc) is 3.35. The summed E-state index contributed by atoms with van der Waals surface area (Å²) in [5.74, 6) is 0.445. The molecule has 0 bridgehead atoms. The molecule has 3 aromatic rings. The van der Waals surface area contributed by atoms with E-state index in [0.717, 1.165) is 44.1 Å². The number of thiophene rings is 1. The third kappa shape index (κ3) is 3.97. The van der Waals surface area contributed by atoms with Crippen LogP contribution in [0, 0.1) is 12.8 Å². The van der Waals surface area contributed by atoms with Gasteiger partial charge in [0.05, 0.1) is 9.58 Å². The second kappa shape index (κ2) is 7.89. The number of hydrogen-bond donors (Lipinski definition) is 1. The van der Waals surface area contributed by atoms with Crippen molar-refractivity contribution in [1.29, 1.82) is 0 Å². The van der Waals surface area contributed by atoms with Crippen molar-refractivity contribution in [2.75, 3.05) is 43.5 Å². The summed E-state index contributed by atoms with van der Waals surface area (Å²) in [5, 5.41) is 4.85. The predicted octanol–water partition coefficient (Wildman–Crippen LogP) is 4.64. The SMILES string of the molecule is Cc1ccc(Cl)cc1N1CCC(CNC(=O)c2cc3sc(N(C)C)nc3s2)C1. The van der Waals surface area contributed by atoms with Crippen molar-refractivity contribution in [3.05, 3.63) is 39.7 Å². The Bertz CT molecular complexity index is 981. The average molecular weight is 435 g/mol. The van der Waals surface area contributed by atoms with Crippen molar-refractivity contribution in [2.24, 2.45) is 5.92 Å². The minimum atomic E-state index is -0.000936. The Labute approximate surface area is 177 Å². The molecule has 4 rings (SSSR count). The number of anilines is 2. The van der Waals surface area contributed by atoms with Gasteiger partial charge in [-0.3, -0.25) is 4.79 Å². The number of hydrogen-bond acceptors (Lipinski definition) is 6. The molecule has 1 atom stereocenters. The van der Waals surface area contributed by atoms with Crippen molar-refractivity contribution in [1.82, 2.24) is 10.3 Å². The van der Waals surface area contributed by atoms with Crippen LogP contribution in [0.4, 0.5) is 10.8 Å². The summed E-state index contributed by atoms with van der Waals surface area (Å²) in [5.41, 5.74) is 2.43. The maximum absolute atomic E-state index is 12.6. The maximum atomic E-state index is 12.6. The van der Waals surface area contributed by atoms with Crippen molar-refractivity contribution < 1.29 is 4.79 Å². The van der Waals surface area contributed by atoms with Gasteiger partial charge in [-0.05, 0) is 43.0 Å². The first-order valence-corrected chi connectivity index (χ1v) is 11.3. The van der Waals surface area contributed by atoms with E-state index in [1.54, 1.807) is 11.3 Å². The fourth-order valence-corrected chi connectivity index (χ4v) is 5.71. The first kappa shape index (κ1) is 19.5. The second-order valence-corrected chi connectivity index (χ2v) is 9.89. The van der Waals surface area contributed by atoms with Crippen LogP contribution in [0.15, 0.2) is 24.3 Å². The topological polar surface area (TPSA) is 48.5 Å². The summed E-state index contributed by atoms with van der Waals surface area (Å²) in [6, 6.07) is 7.98. The van der Waals surface area contributed by atoms with E-state index in [1.807, 2.05) is 37.2 Å². The first-order chi connectivity index (χ1) is 13.4. The fourth-order valence-electron chi connectivity index (χ4n) is 3.49. The molecular formula is C20H23ClN4OS2. The molecule has 1 fully saturated rings. The number of carbonyl (C=O) groups excluding carboxylic acids is 1. The number of aryl methyl sites for hydroxylation is 1. The fraction of sp³-hybridized carbons (Fsp3) is 0.400. The van der Waals surface area contributed by atoms with Crippen molar-refractivity contribution >= 4 is 60.5 Å². The summed E-state index contributed by atoms with van der Waals surface area (Å²) < 4.78 is 1.07. The second-order valence-electron chi connectivity index (χ2n) is 7.41. The van der Waals surface area contributed by atoms with Crippen LogP contribution in [0.1, 0.15) is 21.7 Å². The summed E-state index contributed by atoms with van der Waals surface area (Å²) >= 11 is 9.24.